The Morgan fingerprint density at radius 3 is 2.56 bits per heavy atom. The highest BCUT2D eigenvalue weighted by molar-refractivity contribution is 5.87. The van der Waals surface area contributed by atoms with Crippen LogP contribution in [0.2, 0.25) is 0 Å². The van der Waals surface area contributed by atoms with E-state index in [1.165, 1.54) is 6.08 Å². The minimum absolute atomic E-state index is 0.103. The first-order valence-electron chi connectivity index (χ1n) is 6.42. The lowest BCUT2D eigenvalue weighted by Gasteiger charge is -2.15. The fourth-order valence-electron chi connectivity index (χ4n) is 1.36. The molecule has 102 valence electrons. The second-order valence-electron chi connectivity index (χ2n) is 4.37. The second-order valence-corrected chi connectivity index (χ2v) is 4.37. The molecule has 0 aliphatic heterocycles. The number of carbonyl (C=O) groups is 2. The van der Waals surface area contributed by atoms with E-state index in [4.69, 9.17) is 0 Å². The SMILES string of the molecule is CC/C=C/CCNC(=O)/C=C/C(NC=O)C(C)C. The van der Waals surface area contributed by atoms with Crippen LogP contribution in [0.5, 0.6) is 0 Å². The summed E-state index contributed by atoms with van der Waals surface area (Å²) < 4.78 is 0. The molecule has 1 unspecified atom stereocenters. The topological polar surface area (TPSA) is 58.2 Å². The van der Waals surface area contributed by atoms with Gasteiger partial charge in [-0.15, -0.1) is 0 Å². The van der Waals surface area contributed by atoms with E-state index in [1.54, 1.807) is 6.08 Å². The summed E-state index contributed by atoms with van der Waals surface area (Å²) in [6.07, 6.45) is 9.83. The largest absolute Gasteiger partial charge is 0.352 e. The van der Waals surface area contributed by atoms with Gasteiger partial charge in [-0.2, -0.15) is 0 Å². The normalized spacial score (nSPS) is 13.1. The van der Waals surface area contributed by atoms with Crippen molar-refractivity contribution in [1.29, 1.82) is 0 Å². The molecule has 0 saturated heterocycles. The monoisotopic (exact) mass is 252 g/mol. The van der Waals surface area contributed by atoms with Crippen LogP contribution in [0, 0.1) is 5.92 Å². The van der Waals surface area contributed by atoms with Crippen molar-refractivity contribution in [2.75, 3.05) is 6.54 Å². The van der Waals surface area contributed by atoms with Crippen LogP contribution in [-0.4, -0.2) is 24.9 Å². The Balaban J connectivity index is 3.97. The summed E-state index contributed by atoms with van der Waals surface area (Å²) >= 11 is 0. The van der Waals surface area contributed by atoms with Gasteiger partial charge in [0.1, 0.15) is 0 Å². The fraction of sp³-hybridized carbons (Fsp3) is 0.571. The van der Waals surface area contributed by atoms with Crippen molar-refractivity contribution in [3.05, 3.63) is 24.3 Å². The van der Waals surface area contributed by atoms with Crippen molar-refractivity contribution in [3.8, 4) is 0 Å². The van der Waals surface area contributed by atoms with Gasteiger partial charge in [0.25, 0.3) is 0 Å². The van der Waals surface area contributed by atoms with Crippen LogP contribution in [0.4, 0.5) is 0 Å². The number of amides is 2. The molecule has 4 nitrogen and oxygen atoms in total. The van der Waals surface area contributed by atoms with Crippen molar-refractivity contribution in [2.24, 2.45) is 5.92 Å². The lowest BCUT2D eigenvalue weighted by Crippen LogP contribution is -2.31. The number of rotatable bonds is 9. The molecule has 0 saturated carbocycles. The van der Waals surface area contributed by atoms with Gasteiger partial charge in [-0.3, -0.25) is 9.59 Å². The molecule has 0 aromatic heterocycles. The van der Waals surface area contributed by atoms with Gasteiger partial charge < -0.3 is 10.6 Å². The lowest BCUT2D eigenvalue weighted by molar-refractivity contribution is -0.116. The molecule has 0 aromatic carbocycles. The van der Waals surface area contributed by atoms with E-state index in [0.29, 0.717) is 13.0 Å². The highest BCUT2D eigenvalue weighted by Gasteiger charge is 2.08. The number of hydrogen-bond donors (Lipinski definition) is 2. The van der Waals surface area contributed by atoms with Crippen LogP contribution >= 0.6 is 0 Å². The van der Waals surface area contributed by atoms with E-state index in [2.05, 4.69) is 29.7 Å². The Morgan fingerprint density at radius 1 is 1.28 bits per heavy atom. The molecule has 0 fully saturated rings. The zero-order valence-electron chi connectivity index (χ0n) is 11.5. The Labute approximate surface area is 110 Å². The van der Waals surface area contributed by atoms with E-state index < -0.39 is 0 Å². The van der Waals surface area contributed by atoms with Gasteiger partial charge in [0.15, 0.2) is 0 Å². The highest BCUT2D eigenvalue weighted by Crippen LogP contribution is 2.01. The van der Waals surface area contributed by atoms with Crippen LogP contribution in [-0.2, 0) is 9.59 Å². The molecule has 2 amide bonds. The molecule has 0 radical (unpaired) electrons. The summed E-state index contributed by atoms with van der Waals surface area (Å²) in [6, 6.07) is -0.103. The van der Waals surface area contributed by atoms with E-state index in [-0.39, 0.29) is 17.9 Å². The van der Waals surface area contributed by atoms with Gasteiger partial charge in [-0.1, -0.05) is 39.0 Å². The van der Waals surface area contributed by atoms with Crippen LogP contribution < -0.4 is 10.6 Å². The van der Waals surface area contributed by atoms with E-state index in [0.717, 1.165) is 12.8 Å². The van der Waals surface area contributed by atoms with E-state index in [1.807, 2.05) is 13.8 Å². The van der Waals surface area contributed by atoms with Crippen molar-refractivity contribution >= 4 is 12.3 Å². The quantitative estimate of drug-likeness (QED) is 0.284. The molecular weight excluding hydrogens is 228 g/mol. The summed E-state index contributed by atoms with van der Waals surface area (Å²) in [7, 11) is 0. The molecule has 4 heteroatoms. The molecular formula is C14H24N2O2. The Kier molecular flexibility index (Phi) is 9.64. The summed E-state index contributed by atoms with van der Waals surface area (Å²) in [5.74, 6) is 0.130. The summed E-state index contributed by atoms with van der Waals surface area (Å²) in [6.45, 7) is 6.68. The maximum atomic E-state index is 11.5. The number of carbonyl (C=O) groups excluding carboxylic acids is 2. The van der Waals surface area contributed by atoms with Crippen LogP contribution in [0.1, 0.15) is 33.6 Å². The molecule has 1 atom stereocenters. The molecule has 0 aliphatic carbocycles. The van der Waals surface area contributed by atoms with Gasteiger partial charge in [-0.05, 0) is 18.8 Å². The molecule has 0 aromatic rings. The molecule has 0 bridgehead atoms. The maximum Gasteiger partial charge on any atom is 0.243 e. The van der Waals surface area contributed by atoms with E-state index >= 15 is 0 Å². The molecule has 18 heavy (non-hydrogen) atoms. The average Bonchev–Trinajstić information content (AvgIpc) is 2.33. The Bertz CT molecular complexity index is 296. The molecule has 2 N–H and O–H groups in total. The maximum absolute atomic E-state index is 11.5. The van der Waals surface area contributed by atoms with Crippen molar-refractivity contribution in [2.45, 2.75) is 39.7 Å². The Hall–Kier alpha value is -1.58. The molecule has 0 rings (SSSR count). The van der Waals surface area contributed by atoms with Crippen LogP contribution in [0.25, 0.3) is 0 Å². The summed E-state index contributed by atoms with van der Waals surface area (Å²) in [5, 5.41) is 5.45. The third-order valence-electron chi connectivity index (χ3n) is 2.45. The van der Waals surface area contributed by atoms with Gasteiger partial charge in [0, 0.05) is 18.7 Å². The van der Waals surface area contributed by atoms with Gasteiger partial charge in [0.05, 0.1) is 0 Å². The second kappa shape index (κ2) is 10.6. The smallest absolute Gasteiger partial charge is 0.243 e. The van der Waals surface area contributed by atoms with Crippen LogP contribution in [0.15, 0.2) is 24.3 Å². The summed E-state index contributed by atoms with van der Waals surface area (Å²) in [5.41, 5.74) is 0. The lowest BCUT2D eigenvalue weighted by atomic mass is 10.0. The first-order valence-corrected chi connectivity index (χ1v) is 6.42. The minimum atomic E-state index is -0.127. The average molecular weight is 252 g/mol. The van der Waals surface area contributed by atoms with Gasteiger partial charge >= 0.3 is 0 Å². The number of hydrogen-bond acceptors (Lipinski definition) is 2. The van der Waals surface area contributed by atoms with Crippen molar-refractivity contribution in [3.63, 3.8) is 0 Å². The first-order chi connectivity index (χ1) is 8.61. The highest BCUT2D eigenvalue weighted by atomic mass is 16.1. The fourth-order valence-corrected chi connectivity index (χ4v) is 1.36. The predicted molar refractivity (Wildman–Crippen MR) is 74.0 cm³/mol. The minimum Gasteiger partial charge on any atom is -0.352 e. The number of allylic oxidation sites excluding steroid dienone is 1. The zero-order chi connectivity index (χ0) is 13.8. The number of nitrogens with one attached hydrogen (secondary N) is 2. The zero-order valence-corrected chi connectivity index (χ0v) is 11.5. The third kappa shape index (κ3) is 8.56. The molecule has 0 heterocycles. The molecule has 0 aliphatic rings. The van der Waals surface area contributed by atoms with E-state index in [9.17, 15) is 9.59 Å². The Morgan fingerprint density at radius 2 is 2.00 bits per heavy atom. The standard InChI is InChI=1S/C14H24N2O2/c1-4-5-6-7-10-15-14(18)9-8-13(12(2)3)16-11-17/h5-6,8-9,11-13H,4,7,10H2,1-3H3,(H,15,18)(H,16,17)/b6-5+,9-8+. The van der Waals surface area contributed by atoms with Gasteiger partial charge in [0.2, 0.25) is 12.3 Å². The first kappa shape index (κ1) is 16.4. The van der Waals surface area contributed by atoms with Crippen LogP contribution in [0.3, 0.4) is 0 Å². The summed E-state index contributed by atoms with van der Waals surface area (Å²) in [4.78, 5) is 21.9. The van der Waals surface area contributed by atoms with Crippen molar-refractivity contribution < 1.29 is 9.59 Å². The van der Waals surface area contributed by atoms with Gasteiger partial charge in [-0.25, -0.2) is 0 Å². The predicted octanol–water partition coefficient (Wildman–Crippen LogP) is 1.79. The molecule has 0 spiro atoms. The van der Waals surface area contributed by atoms with Crippen molar-refractivity contribution in [1.82, 2.24) is 10.6 Å². The third-order valence-corrected chi connectivity index (χ3v) is 2.45.